The molecule has 0 spiro atoms. The Labute approximate surface area is 110 Å². The van der Waals surface area contributed by atoms with E-state index < -0.39 is 5.82 Å². The van der Waals surface area contributed by atoms with Crippen molar-refractivity contribution in [3.8, 4) is 16.9 Å². The van der Waals surface area contributed by atoms with Gasteiger partial charge in [0.1, 0.15) is 0 Å². The zero-order valence-electron chi connectivity index (χ0n) is 9.47. The highest BCUT2D eigenvalue weighted by atomic mass is 32.1. The molecule has 0 unspecified atom stereocenters. The topological polar surface area (TPSA) is 21.6 Å². The summed E-state index contributed by atoms with van der Waals surface area (Å²) in [5.41, 5.74) is 1.76. The largest absolute Gasteiger partial charge is 0.468 e. The third-order valence-electron chi connectivity index (χ3n) is 2.39. The summed E-state index contributed by atoms with van der Waals surface area (Å²) < 4.78 is 18.8. The number of thiocarbonyl (C=S) groups is 1. The Morgan fingerprint density at radius 3 is 2.56 bits per heavy atom. The lowest BCUT2D eigenvalue weighted by Crippen LogP contribution is -1.96. The first-order valence-electron chi connectivity index (χ1n) is 5.32. The SMILES string of the molecule is Fc1cc(-c2ccccc2)ccc1OCN=C=S. The number of hydrogen-bond acceptors (Lipinski definition) is 3. The van der Waals surface area contributed by atoms with Gasteiger partial charge in [-0.25, -0.2) is 4.39 Å². The normalized spacial score (nSPS) is 9.61. The van der Waals surface area contributed by atoms with E-state index in [0.717, 1.165) is 11.1 Å². The van der Waals surface area contributed by atoms with Crippen LogP contribution in [0.1, 0.15) is 0 Å². The van der Waals surface area contributed by atoms with Crippen LogP contribution in [-0.2, 0) is 0 Å². The van der Waals surface area contributed by atoms with Gasteiger partial charge >= 0.3 is 0 Å². The first-order chi connectivity index (χ1) is 8.81. The highest BCUT2D eigenvalue weighted by molar-refractivity contribution is 7.78. The van der Waals surface area contributed by atoms with Crippen LogP contribution in [0.15, 0.2) is 53.5 Å². The maximum absolute atomic E-state index is 13.7. The summed E-state index contributed by atoms with van der Waals surface area (Å²) in [6, 6.07) is 14.4. The van der Waals surface area contributed by atoms with Gasteiger partial charge in [-0.3, -0.25) is 0 Å². The van der Waals surface area contributed by atoms with E-state index in [1.165, 1.54) is 6.07 Å². The fraction of sp³-hybridized carbons (Fsp3) is 0.0714. The van der Waals surface area contributed by atoms with Crippen LogP contribution in [-0.4, -0.2) is 11.9 Å². The molecule has 0 bridgehead atoms. The number of isothiocyanates is 1. The summed E-state index contributed by atoms with van der Waals surface area (Å²) in [6.07, 6.45) is 0. The van der Waals surface area contributed by atoms with Crippen LogP contribution < -0.4 is 4.74 Å². The number of rotatable bonds is 4. The molecule has 0 aliphatic rings. The van der Waals surface area contributed by atoms with E-state index in [1.54, 1.807) is 12.1 Å². The number of ether oxygens (including phenoxy) is 1. The molecule has 18 heavy (non-hydrogen) atoms. The number of hydrogen-bond donors (Lipinski definition) is 0. The summed E-state index contributed by atoms with van der Waals surface area (Å²) in [7, 11) is 0. The Hall–Kier alpha value is -2.03. The maximum Gasteiger partial charge on any atom is 0.188 e. The molecule has 2 aromatic rings. The quantitative estimate of drug-likeness (QED) is 0.613. The molecular formula is C14H10FNOS. The van der Waals surface area contributed by atoms with Crippen LogP contribution in [0.25, 0.3) is 11.1 Å². The number of nitrogens with zero attached hydrogens (tertiary/aromatic N) is 1. The smallest absolute Gasteiger partial charge is 0.188 e. The molecule has 0 aliphatic heterocycles. The average Bonchev–Trinajstić information content (AvgIpc) is 2.42. The Kier molecular flexibility index (Phi) is 4.18. The van der Waals surface area contributed by atoms with Gasteiger partial charge in [0.2, 0.25) is 0 Å². The summed E-state index contributed by atoms with van der Waals surface area (Å²) in [6.45, 7) is -0.0227. The number of benzene rings is 2. The van der Waals surface area contributed by atoms with Crippen molar-refractivity contribution in [2.75, 3.05) is 6.73 Å². The fourth-order valence-corrected chi connectivity index (χ4v) is 1.61. The lowest BCUT2D eigenvalue weighted by atomic mass is 10.1. The molecule has 90 valence electrons. The molecule has 2 aromatic carbocycles. The Balaban J connectivity index is 2.22. The van der Waals surface area contributed by atoms with Crippen molar-refractivity contribution in [2.45, 2.75) is 0 Å². The van der Waals surface area contributed by atoms with E-state index in [1.807, 2.05) is 30.3 Å². The van der Waals surface area contributed by atoms with Crippen LogP contribution in [0.3, 0.4) is 0 Å². The van der Waals surface area contributed by atoms with Gasteiger partial charge in [-0.2, -0.15) is 4.99 Å². The lowest BCUT2D eigenvalue weighted by molar-refractivity contribution is 0.314. The molecule has 4 heteroatoms. The minimum absolute atomic E-state index is 0.0227. The van der Waals surface area contributed by atoms with Crippen LogP contribution in [0, 0.1) is 5.82 Å². The van der Waals surface area contributed by atoms with E-state index >= 15 is 0 Å². The van der Waals surface area contributed by atoms with Gasteiger partial charge in [-0.1, -0.05) is 36.4 Å². The van der Waals surface area contributed by atoms with Crippen molar-refractivity contribution in [1.29, 1.82) is 0 Å². The molecule has 0 N–H and O–H groups in total. The van der Waals surface area contributed by atoms with Gasteiger partial charge in [0, 0.05) is 0 Å². The first kappa shape index (κ1) is 12.4. The predicted molar refractivity (Wildman–Crippen MR) is 72.4 cm³/mol. The van der Waals surface area contributed by atoms with E-state index in [2.05, 4.69) is 22.4 Å². The van der Waals surface area contributed by atoms with E-state index in [0.29, 0.717) is 0 Å². The van der Waals surface area contributed by atoms with Crippen molar-refractivity contribution in [2.24, 2.45) is 4.99 Å². The Bertz CT molecular complexity index is 580. The summed E-state index contributed by atoms with van der Waals surface area (Å²) in [4.78, 5) is 3.56. The van der Waals surface area contributed by atoms with Crippen molar-refractivity contribution >= 4 is 17.4 Å². The second kappa shape index (κ2) is 6.05. The number of aliphatic imine (C=N–C) groups is 1. The zero-order valence-corrected chi connectivity index (χ0v) is 10.3. The first-order valence-corrected chi connectivity index (χ1v) is 5.73. The third kappa shape index (κ3) is 3.00. The van der Waals surface area contributed by atoms with E-state index in [-0.39, 0.29) is 12.5 Å². The van der Waals surface area contributed by atoms with Gasteiger partial charge in [-0.15, -0.1) is 0 Å². The zero-order chi connectivity index (χ0) is 12.8. The molecule has 0 saturated heterocycles. The van der Waals surface area contributed by atoms with E-state index in [4.69, 9.17) is 4.74 Å². The Morgan fingerprint density at radius 2 is 1.89 bits per heavy atom. The Morgan fingerprint density at radius 1 is 1.11 bits per heavy atom. The minimum Gasteiger partial charge on any atom is -0.468 e. The van der Waals surface area contributed by atoms with Crippen LogP contribution >= 0.6 is 12.2 Å². The van der Waals surface area contributed by atoms with Gasteiger partial charge in [0.25, 0.3) is 0 Å². The molecule has 0 heterocycles. The van der Waals surface area contributed by atoms with Crippen LogP contribution in [0.2, 0.25) is 0 Å². The van der Waals surface area contributed by atoms with Crippen molar-refractivity contribution in [3.63, 3.8) is 0 Å². The lowest BCUT2D eigenvalue weighted by Gasteiger charge is -2.06. The molecular weight excluding hydrogens is 249 g/mol. The molecule has 0 aromatic heterocycles. The third-order valence-corrected chi connectivity index (χ3v) is 2.52. The second-order valence-electron chi connectivity index (χ2n) is 3.53. The summed E-state index contributed by atoms with van der Waals surface area (Å²) in [5.74, 6) is -0.264. The van der Waals surface area contributed by atoms with Crippen LogP contribution in [0.5, 0.6) is 5.75 Å². The van der Waals surface area contributed by atoms with Crippen molar-refractivity contribution < 1.29 is 9.13 Å². The standard InChI is InChI=1S/C14H10FNOS/c15-13-8-12(11-4-2-1-3-5-11)6-7-14(13)17-9-16-10-18/h1-8H,9H2. The highest BCUT2D eigenvalue weighted by Crippen LogP contribution is 2.25. The maximum atomic E-state index is 13.7. The molecule has 0 radical (unpaired) electrons. The van der Waals surface area contributed by atoms with Crippen molar-refractivity contribution in [1.82, 2.24) is 0 Å². The molecule has 0 aliphatic carbocycles. The highest BCUT2D eigenvalue weighted by Gasteiger charge is 2.05. The minimum atomic E-state index is -0.420. The number of halogens is 1. The van der Waals surface area contributed by atoms with Crippen LogP contribution in [0.4, 0.5) is 4.39 Å². The molecule has 0 fully saturated rings. The van der Waals surface area contributed by atoms with Gasteiger partial charge in [0.15, 0.2) is 18.3 Å². The van der Waals surface area contributed by atoms with Gasteiger partial charge in [-0.05, 0) is 35.5 Å². The van der Waals surface area contributed by atoms with Gasteiger partial charge in [0.05, 0.1) is 5.16 Å². The fourth-order valence-electron chi connectivity index (χ4n) is 1.56. The molecule has 0 saturated carbocycles. The summed E-state index contributed by atoms with van der Waals surface area (Å²) >= 11 is 4.39. The molecule has 2 nitrogen and oxygen atoms in total. The summed E-state index contributed by atoms with van der Waals surface area (Å²) in [5, 5.41) is 2.16. The second-order valence-corrected chi connectivity index (χ2v) is 3.72. The molecule has 0 atom stereocenters. The monoisotopic (exact) mass is 259 g/mol. The molecule has 0 amide bonds. The van der Waals surface area contributed by atoms with Crippen molar-refractivity contribution in [3.05, 3.63) is 54.3 Å². The van der Waals surface area contributed by atoms with E-state index in [9.17, 15) is 4.39 Å². The average molecular weight is 259 g/mol. The van der Waals surface area contributed by atoms with Gasteiger partial charge < -0.3 is 4.74 Å². The predicted octanol–water partition coefficient (Wildman–Crippen LogP) is 3.93. The molecule has 2 rings (SSSR count).